The van der Waals surface area contributed by atoms with Crippen molar-refractivity contribution in [2.24, 2.45) is 0 Å². The summed E-state index contributed by atoms with van der Waals surface area (Å²) in [6, 6.07) is 10.9. The molecule has 0 spiro atoms. The quantitative estimate of drug-likeness (QED) is 0.414. The predicted octanol–water partition coefficient (Wildman–Crippen LogP) is 3.62. The van der Waals surface area contributed by atoms with Gasteiger partial charge >= 0.3 is 0 Å². The van der Waals surface area contributed by atoms with Crippen LogP contribution in [0.25, 0.3) is 0 Å². The van der Waals surface area contributed by atoms with Gasteiger partial charge in [0, 0.05) is 32.4 Å². The molecule has 1 amide bonds. The second kappa shape index (κ2) is 10.6. The summed E-state index contributed by atoms with van der Waals surface area (Å²) < 4.78 is 14.3. The van der Waals surface area contributed by atoms with Crippen LogP contribution in [0.15, 0.2) is 66.6 Å². The number of allylic oxidation sites excluding steroid dienone is 2. The molecule has 4 heterocycles. The Kier molecular flexibility index (Phi) is 6.99. The van der Waals surface area contributed by atoms with Gasteiger partial charge in [0.05, 0.1) is 29.5 Å². The van der Waals surface area contributed by atoms with Crippen molar-refractivity contribution < 1.29 is 14.6 Å². The fourth-order valence-electron chi connectivity index (χ4n) is 4.09. The number of nitrogens with zero attached hydrogens (tertiary/aromatic N) is 5. The van der Waals surface area contributed by atoms with Gasteiger partial charge in [0.2, 0.25) is 0 Å². The lowest BCUT2D eigenvalue weighted by molar-refractivity contribution is 0.0743. The molecule has 1 aromatic carbocycles. The summed E-state index contributed by atoms with van der Waals surface area (Å²) in [5.74, 6) is 2.36. The number of phenols is 1. The number of pyridine rings is 1. The first-order valence-corrected chi connectivity index (χ1v) is 12.5. The van der Waals surface area contributed by atoms with E-state index in [1.807, 2.05) is 43.4 Å². The molecule has 5 rings (SSSR count). The summed E-state index contributed by atoms with van der Waals surface area (Å²) in [7, 11) is 0. The minimum absolute atomic E-state index is 0.0214. The van der Waals surface area contributed by atoms with Crippen LogP contribution in [0.1, 0.15) is 17.3 Å². The second-order valence-electron chi connectivity index (χ2n) is 8.45. The van der Waals surface area contributed by atoms with Gasteiger partial charge in [-0.3, -0.25) is 4.79 Å². The highest BCUT2D eigenvalue weighted by atomic mass is 32.1. The second-order valence-corrected chi connectivity index (χ2v) is 8.98. The molecular formula is C25H27N7O3S. The maximum Gasteiger partial charge on any atom is 0.257 e. The summed E-state index contributed by atoms with van der Waals surface area (Å²) in [6.07, 6.45) is 7.62. The van der Waals surface area contributed by atoms with Crippen LogP contribution >= 0.6 is 11.7 Å². The van der Waals surface area contributed by atoms with Crippen molar-refractivity contribution >= 4 is 40.8 Å². The largest absolute Gasteiger partial charge is 0.505 e. The number of phenolic OH excluding ortho intramolecular Hbond substituents is 1. The van der Waals surface area contributed by atoms with E-state index in [4.69, 9.17) is 4.74 Å². The van der Waals surface area contributed by atoms with Crippen LogP contribution in [0.2, 0.25) is 0 Å². The van der Waals surface area contributed by atoms with Crippen molar-refractivity contribution in [3.05, 3.63) is 72.1 Å². The number of anilines is 4. The van der Waals surface area contributed by atoms with Crippen molar-refractivity contribution in [3.8, 4) is 5.75 Å². The maximum atomic E-state index is 13.2. The van der Waals surface area contributed by atoms with Crippen LogP contribution in [0, 0.1) is 0 Å². The highest BCUT2D eigenvalue weighted by Crippen LogP contribution is 2.33. The van der Waals surface area contributed by atoms with E-state index < -0.39 is 0 Å². The van der Waals surface area contributed by atoms with E-state index in [1.165, 1.54) is 0 Å². The minimum atomic E-state index is -0.213. The third-order valence-electron chi connectivity index (χ3n) is 5.98. The summed E-state index contributed by atoms with van der Waals surface area (Å²) in [4.78, 5) is 21.5. The first-order chi connectivity index (χ1) is 17.6. The van der Waals surface area contributed by atoms with Crippen molar-refractivity contribution in [1.82, 2.24) is 18.6 Å². The number of amides is 1. The van der Waals surface area contributed by atoms with Crippen molar-refractivity contribution in [3.63, 3.8) is 0 Å². The first kappa shape index (κ1) is 23.6. The van der Waals surface area contributed by atoms with Crippen molar-refractivity contribution in [2.75, 3.05) is 48.3 Å². The third-order valence-corrected chi connectivity index (χ3v) is 6.51. The Morgan fingerprint density at radius 3 is 2.75 bits per heavy atom. The number of aromatic nitrogens is 3. The summed E-state index contributed by atoms with van der Waals surface area (Å²) in [5, 5.41) is 17.3. The molecule has 36 heavy (non-hydrogen) atoms. The van der Waals surface area contributed by atoms with Gasteiger partial charge in [0.25, 0.3) is 5.91 Å². The van der Waals surface area contributed by atoms with Crippen LogP contribution < -0.4 is 15.5 Å². The Hall–Kier alpha value is -4.12. The average molecular weight is 506 g/mol. The number of benzene rings is 1. The summed E-state index contributed by atoms with van der Waals surface area (Å²) >= 11 is 1.04. The van der Waals surface area contributed by atoms with Gasteiger partial charge in [0.1, 0.15) is 17.7 Å². The van der Waals surface area contributed by atoms with Crippen LogP contribution in [0.3, 0.4) is 0 Å². The highest BCUT2D eigenvalue weighted by Gasteiger charge is 2.25. The fourth-order valence-corrected chi connectivity index (χ4v) is 4.58. The lowest BCUT2D eigenvalue weighted by Crippen LogP contribution is -2.49. The van der Waals surface area contributed by atoms with Crippen LogP contribution in [-0.4, -0.2) is 68.5 Å². The van der Waals surface area contributed by atoms with E-state index in [9.17, 15) is 9.90 Å². The fraction of sp³-hybridized carbons (Fsp3) is 0.280. The standard InChI is InChI=1S/C25H27N7O3S/c1-17-6-4-7-18(35-17)16-27-23-24(30-36-29-23)28-20-9-5-8-19(22(20)33)25(34)32-14-12-31(13-15-32)21-10-2-3-11-26-21/h2-11,17,33H,12-16H2,1H3,(H,27,29)(H,28,30). The number of hydrogen-bond acceptors (Lipinski definition) is 10. The number of carbonyl (C=O) groups excluding carboxylic acids is 1. The molecule has 0 bridgehead atoms. The minimum Gasteiger partial charge on any atom is -0.505 e. The molecule has 3 aromatic rings. The van der Waals surface area contributed by atoms with Crippen molar-refractivity contribution in [2.45, 2.75) is 13.0 Å². The average Bonchev–Trinajstić information content (AvgIpc) is 3.36. The molecule has 0 radical (unpaired) electrons. The van der Waals surface area contributed by atoms with Crippen LogP contribution in [0.4, 0.5) is 23.1 Å². The Morgan fingerprint density at radius 2 is 1.97 bits per heavy atom. The van der Waals surface area contributed by atoms with Gasteiger partial charge in [-0.2, -0.15) is 8.75 Å². The Bertz CT molecular complexity index is 1270. The van der Waals surface area contributed by atoms with Crippen LogP contribution in [-0.2, 0) is 4.74 Å². The molecule has 3 N–H and O–H groups in total. The SMILES string of the molecule is CC1C=CC=C(CNc2nsnc2Nc2cccc(C(=O)N3CCN(c4ccccn4)CC3)c2O)O1. The van der Waals surface area contributed by atoms with Gasteiger partial charge < -0.3 is 30.3 Å². The van der Waals surface area contributed by atoms with Crippen molar-refractivity contribution in [1.29, 1.82) is 0 Å². The predicted molar refractivity (Wildman–Crippen MR) is 140 cm³/mol. The van der Waals surface area contributed by atoms with Gasteiger partial charge in [-0.1, -0.05) is 18.2 Å². The van der Waals surface area contributed by atoms with Crippen LogP contribution in [0.5, 0.6) is 5.75 Å². The molecule has 1 unspecified atom stereocenters. The Balaban J connectivity index is 1.23. The molecule has 1 fully saturated rings. The molecule has 186 valence electrons. The van der Waals surface area contributed by atoms with E-state index in [0.717, 1.165) is 23.3 Å². The molecule has 2 aliphatic heterocycles. The van der Waals surface area contributed by atoms with E-state index in [2.05, 4.69) is 29.3 Å². The molecule has 11 heteroatoms. The van der Waals surface area contributed by atoms with Gasteiger partial charge in [0.15, 0.2) is 17.4 Å². The molecule has 0 saturated carbocycles. The summed E-state index contributed by atoms with van der Waals surface area (Å²) in [5.41, 5.74) is 0.624. The number of aromatic hydroxyl groups is 1. The number of ether oxygens (including phenoxy) is 1. The smallest absolute Gasteiger partial charge is 0.257 e. The zero-order valence-corrected chi connectivity index (χ0v) is 20.6. The topological polar surface area (TPSA) is 116 Å². The van der Waals surface area contributed by atoms with E-state index >= 15 is 0 Å². The molecule has 2 aliphatic rings. The maximum absolute atomic E-state index is 13.2. The first-order valence-electron chi connectivity index (χ1n) is 11.7. The number of nitrogens with one attached hydrogen (secondary N) is 2. The number of hydrogen-bond donors (Lipinski definition) is 3. The van der Waals surface area contributed by atoms with Gasteiger partial charge in [-0.15, -0.1) is 0 Å². The lowest BCUT2D eigenvalue weighted by Gasteiger charge is -2.35. The highest BCUT2D eigenvalue weighted by molar-refractivity contribution is 6.99. The Labute approximate surface area is 213 Å². The third kappa shape index (κ3) is 5.25. The molecule has 2 aromatic heterocycles. The van der Waals surface area contributed by atoms with Gasteiger partial charge in [-0.05, 0) is 43.3 Å². The Morgan fingerprint density at radius 1 is 1.14 bits per heavy atom. The van der Waals surface area contributed by atoms with E-state index in [1.54, 1.807) is 29.3 Å². The number of piperazine rings is 1. The molecule has 1 saturated heterocycles. The number of para-hydroxylation sites is 1. The lowest BCUT2D eigenvalue weighted by atomic mass is 10.1. The normalized spacial score (nSPS) is 17.4. The van der Waals surface area contributed by atoms with Gasteiger partial charge in [-0.25, -0.2) is 4.98 Å². The monoisotopic (exact) mass is 505 g/mol. The number of carbonyl (C=O) groups is 1. The molecule has 0 aliphatic carbocycles. The molecular weight excluding hydrogens is 478 g/mol. The zero-order valence-electron chi connectivity index (χ0n) is 19.8. The molecule has 10 nitrogen and oxygen atoms in total. The van der Waals surface area contributed by atoms with E-state index in [-0.39, 0.29) is 23.3 Å². The van der Waals surface area contributed by atoms with E-state index in [0.29, 0.717) is 50.0 Å². The number of rotatable bonds is 7. The summed E-state index contributed by atoms with van der Waals surface area (Å²) in [6.45, 7) is 4.86. The molecule has 1 atom stereocenters. The zero-order chi connectivity index (χ0) is 24.9.